The van der Waals surface area contributed by atoms with Crippen molar-refractivity contribution in [3.63, 3.8) is 0 Å². The SMILES string of the molecule is NC(=O)Cn1cc(C(=O)O)nn1. The normalized spacial score (nSPS) is 9.67. The van der Waals surface area contributed by atoms with E-state index in [1.165, 1.54) is 0 Å². The summed E-state index contributed by atoms with van der Waals surface area (Å²) in [6, 6.07) is 0. The zero-order chi connectivity index (χ0) is 9.14. The van der Waals surface area contributed by atoms with E-state index in [4.69, 9.17) is 10.8 Å². The number of carbonyl (C=O) groups excluding carboxylic acids is 1. The van der Waals surface area contributed by atoms with Crippen LogP contribution in [0.2, 0.25) is 0 Å². The molecule has 3 N–H and O–H groups in total. The second-order valence-corrected chi connectivity index (χ2v) is 2.07. The molecule has 0 bridgehead atoms. The van der Waals surface area contributed by atoms with Crippen LogP contribution in [0.25, 0.3) is 0 Å². The number of hydrogen-bond donors (Lipinski definition) is 2. The predicted molar refractivity (Wildman–Crippen MR) is 36.2 cm³/mol. The average Bonchev–Trinajstić information content (AvgIpc) is 2.34. The van der Waals surface area contributed by atoms with Crippen LogP contribution in [0.4, 0.5) is 0 Å². The van der Waals surface area contributed by atoms with Crippen molar-refractivity contribution in [3.8, 4) is 0 Å². The fraction of sp³-hybridized carbons (Fsp3) is 0.200. The van der Waals surface area contributed by atoms with Crippen molar-refractivity contribution < 1.29 is 14.7 Å². The Balaban J connectivity index is 2.77. The lowest BCUT2D eigenvalue weighted by Crippen LogP contribution is -2.18. The molecular weight excluding hydrogens is 164 g/mol. The van der Waals surface area contributed by atoms with Crippen molar-refractivity contribution in [3.05, 3.63) is 11.9 Å². The van der Waals surface area contributed by atoms with Gasteiger partial charge in [-0.25, -0.2) is 9.48 Å². The Morgan fingerprint density at radius 1 is 1.67 bits per heavy atom. The minimum Gasteiger partial charge on any atom is -0.476 e. The topological polar surface area (TPSA) is 111 Å². The van der Waals surface area contributed by atoms with Gasteiger partial charge in [0.2, 0.25) is 5.91 Å². The van der Waals surface area contributed by atoms with E-state index in [9.17, 15) is 9.59 Å². The van der Waals surface area contributed by atoms with Crippen LogP contribution in [0.15, 0.2) is 6.20 Å². The molecule has 0 aliphatic heterocycles. The van der Waals surface area contributed by atoms with E-state index in [-0.39, 0.29) is 12.2 Å². The summed E-state index contributed by atoms with van der Waals surface area (Å²) in [5.74, 6) is -1.79. The highest BCUT2D eigenvalue weighted by atomic mass is 16.4. The van der Waals surface area contributed by atoms with Gasteiger partial charge >= 0.3 is 5.97 Å². The Hall–Kier alpha value is -1.92. The van der Waals surface area contributed by atoms with Gasteiger partial charge in [-0.2, -0.15) is 0 Å². The van der Waals surface area contributed by atoms with E-state index in [0.29, 0.717) is 0 Å². The van der Waals surface area contributed by atoms with Crippen LogP contribution in [-0.4, -0.2) is 32.0 Å². The summed E-state index contributed by atoms with van der Waals surface area (Å²) in [4.78, 5) is 20.6. The third kappa shape index (κ3) is 1.78. The lowest BCUT2D eigenvalue weighted by Gasteiger charge is -1.91. The summed E-state index contributed by atoms with van der Waals surface area (Å²) in [5, 5.41) is 15.0. The second-order valence-electron chi connectivity index (χ2n) is 2.07. The molecule has 0 spiro atoms. The van der Waals surface area contributed by atoms with Crippen LogP contribution < -0.4 is 5.73 Å². The average molecular weight is 170 g/mol. The number of amides is 1. The summed E-state index contributed by atoms with van der Waals surface area (Å²) in [6.45, 7) is -0.166. The Morgan fingerprint density at radius 2 is 2.33 bits per heavy atom. The Kier molecular flexibility index (Phi) is 2.04. The van der Waals surface area contributed by atoms with Crippen molar-refractivity contribution in [2.75, 3.05) is 0 Å². The second kappa shape index (κ2) is 2.99. The first-order valence-electron chi connectivity index (χ1n) is 3.01. The van der Waals surface area contributed by atoms with E-state index < -0.39 is 11.9 Å². The van der Waals surface area contributed by atoms with Crippen molar-refractivity contribution in [2.45, 2.75) is 6.54 Å². The van der Waals surface area contributed by atoms with Gasteiger partial charge in [0, 0.05) is 0 Å². The number of carboxylic acid groups (broad SMARTS) is 1. The third-order valence-electron chi connectivity index (χ3n) is 1.08. The van der Waals surface area contributed by atoms with Crippen molar-refractivity contribution in [1.29, 1.82) is 0 Å². The number of nitrogens with zero attached hydrogens (tertiary/aromatic N) is 3. The van der Waals surface area contributed by atoms with E-state index >= 15 is 0 Å². The molecule has 1 heterocycles. The van der Waals surface area contributed by atoms with Gasteiger partial charge in [0.15, 0.2) is 5.69 Å². The molecule has 64 valence electrons. The fourth-order valence-corrected chi connectivity index (χ4v) is 0.633. The number of aromatic carboxylic acids is 1. The molecule has 1 rings (SSSR count). The number of hydrogen-bond acceptors (Lipinski definition) is 4. The summed E-state index contributed by atoms with van der Waals surface area (Å²) in [6.07, 6.45) is 1.13. The van der Waals surface area contributed by atoms with Crippen LogP contribution in [-0.2, 0) is 11.3 Å². The minimum absolute atomic E-state index is 0.166. The highest BCUT2D eigenvalue weighted by Crippen LogP contribution is 1.91. The maximum Gasteiger partial charge on any atom is 0.358 e. The van der Waals surface area contributed by atoms with Gasteiger partial charge < -0.3 is 10.8 Å². The molecule has 0 atom stereocenters. The summed E-state index contributed by atoms with van der Waals surface area (Å²) < 4.78 is 1.06. The number of nitrogens with two attached hydrogens (primary N) is 1. The van der Waals surface area contributed by atoms with Crippen LogP contribution in [0, 0.1) is 0 Å². The van der Waals surface area contributed by atoms with Gasteiger partial charge in [0.1, 0.15) is 6.54 Å². The van der Waals surface area contributed by atoms with E-state index in [2.05, 4.69) is 10.3 Å². The molecule has 0 unspecified atom stereocenters. The minimum atomic E-state index is -1.19. The molecule has 1 aromatic heterocycles. The zero-order valence-electron chi connectivity index (χ0n) is 5.97. The van der Waals surface area contributed by atoms with E-state index in [1.807, 2.05) is 0 Å². The van der Waals surface area contributed by atoms with Crippen LogP contribution in [0.5, 0.6) is 0 Å². The number of carboxylic acids is 1. The molecular formula is C5H6N4O3. The fourth-order valence-electron chi connectivity index (χ4n) is 0.633. The maximum atomic E-state index is 10.3. The molecule has 0 aliphatic rings. The number of rotatable bonds is 3. The zero-order valence-corrected chi connectivity index (χ0v) is 5.97. The quantitative estimate of drug-likeness (QED) is 0.571. The first-order chi connectivity index (χ1) is 5.59. The van der Waals surface area contributed by atoms with Gasteiger partial charge in [-0.05, 0) is 0 Å². The lowest BCUT2D eigenvalue weighted by atomic mass is 10.5. The molecule has 0 aliphatic carbocycles. The Bertz CT molecular complexity index is 318. The van der Waals surface area contributed by atoms with Gasteiger partial charge in [0.25, 0.3) is 0 Å². The Morgan fingerprint density at radius 3 is 2.75 bits per heavy atom. The predicted octanol–water partition coefficient (Wildman–Crippen LogP) is -1.54. The molecule has 0 radical (unpaired) electrons. The number of aromatic nitrogens is 3. The van der Waals surface area contributed by atoms with Crippen LogP contribution in [0.3, 0.4) is 0 Å². The molecule has 1 amide bonds. The highest BCUT2D eigenvalue weighted by molar-refractivity contribution is 5.84. The lowest BCUT2D eigenvalue weighted by molar-refractivity contribution is -0.118. The summed E-state index contributed by atoms with van der Waals surface area (Å²) in [7, 11) is 0. The maximum absolute atomic E-state index is 10.3. The smallest absolute Gasteiger partial charge is 0.358 e. The van der Waals surface area contributed by atoms with Gasteiger partial charge in [-0.15, -0.1) is 5.10 Å². The monoisotopic (exact) mass is 170 g/mol. The van der Waals surface area contributed by atoms with Crippen molar-refractivity contribution in [1.82, 2.24) is 15.0 Å². The van der Waals surface area contributed by atoms with Gasteiger partial charge in [0.05, 0.1) is 6.20 Å². The number of primary amides is 1. The van der Waals surface area contributed by atoms with Gasteiger partial charge in [-0.3, -0.25) is 4.79 Å². The van der Waals surface area contributed by atoms with Crippen LogP contribution in [0.1, 0.15) is 10.5 Å². The third-order valence-corrected chi connectivity index (χ3v) is 1.08. The molecule has 7 heteroatoms. The summed E-state index contributed by atoms with van der Waals surface area (Å²) in [5.41, 5.74) is 4.62. The Labute approximate surface area is 66.8 Å². The standard InChI is InChI=1S/C5H6N4O3/c6-4(10)2-9-1-3(5(11)12)7-8-9/h1H,2H2,(H2,6,10)(H,11,12). The molecule has 1 aromatic rings. The summed E-state index contributed by atoms with van der Waals surface area (Å²) >= 11 is 0. The van der Waals surface area contributed by atoms with E-state index in [0.717, 1.165) is 10.9 Å². The molecule has 7 nitrogen and oxygen atoms in total. The molecule has 0 saturated heterocycles. The molecule has 0 saturated carbocycles. The molecule has 0 aromatic carbocycles. The van der Waals surface area contributed by atoms with E-state index in [1.54, 1.807) is 0 Å². The first kappa shape index (κ1) is 8.18. The largest absolute Gasteiger partial charge is 0.476 e. The van der Waals surface area contributed by atoms with Crippen LogP contribution >= 0.6 is 0 Å². The van der Waals surface area contributed by atoms with Crippen molar-refractivity contribution >= 4 is 11.9 Å². The van der Waals surface area contributed by atoms with Crippen molar-refractivity contribution in [2.24, 2.45) is 5.73 Å². The first-order valence-corrected chi connectivity index (χ1v) is 3.01. The molecule has 0 fully saturated rings. The van der Waals surface area contributed by atoms with Gasteiger partial charge in [-0.1, -0.05) is 5.21 Å². The number of carbonyl (C=O) groups is 2. The highest BCUT2D eigenvalue weighted by Gasteiger charge is 2.08. The molecule has 12 heavy (non-hydrogen) atoms.